The number of hydrogen-bond donors (Lipinski definition) is 0. The number of rotatable bonds is 3. The van der Waals surface area contributed by atoms with E-state index in [2.05, 4.69) is 9.97 Å². The summed E-state index contributed by atoms with van der Waals surface area (Å²) in [6.45, 7) is 5.28. The van der Waals surface area contributed by atoms with E-state index in [9.17, 15) is 9.18 Å². The van der Waals surface area contributed by atoms with Gasteiger partial charge in [-0.25, -0.2) is 9.37 Å². The van der Waals surface area contributed by atoms with Gasteiger partial charge in [0.2, 0.25) is 5.91 Å². The molecule has 126 valence electrons. The summed E-state index contributed by atoms with van der Waals surface area (Å²) in [6, 6.07) is 6.23. The number of carbonyl (C=O) groups excluding carboxylic acids is 1. The second kappa shape index (κ2) is 7.05. The van der Waals surface area contributed by atoms with Gasteiger partial charge in [-0.15, -0.1) is 0 Å². The van der Waals surface area contributed by atoms with Crippen LogP contribution in [0.3, 0.4) is 0 Å². The minimum absolute atomic E-state index is 0.0477. The number of carbonyl (C=O) groups is 1. The van der Waals surface area contributed by atoms with Gasteiger partial charge in [0.1, 0.15) is 11.9 Å². The zero-order valence-corrected chi connectivity index (χ0v) is 13.8. The minimum atomic E-state index is -0.317. The summed E-state index contributed by atoms with van der Waals surface area (Å²) in [7, 11) is 0. The lowest BCUT2D eigenvalue weighted by Gasteiger charge is -2.33. The summed E-state index contributed by atoms with van der Waals surface area (Å²) in [5.41, 5.74) is 1.90. The third kappa shape index (κ3) is 3.59. The molecule has 1 saturated heterocycles. The monoisotopic (exact) mass is 329 g/mol. The predicted octanol–water partition coefficient (Wildman–Crippen LogP) is 2.84. The quantitative estimate of drug-likeness (QED) is 0.869. The van der Waals surface area contributed by atoms with Crippen molar-refractivity contribution >= 4 is 5.91 Å². The van der Waals surface area contributed by atoms with E-state index in [1.54, 1.807) is 29.4 Å². The highest BCUT2D eigenvalue weighted by Gasteiger charge is 2.27. The summed E-state index contributed by atoms with van der Waals surface area (Å²) >= 11 is 0. The lowest BCUT2D eigenvalue weighted by atomic mass is 10.1. The highest BCUT2D eigenvalue weighted by Crippen LogP contribution is 2.24. The SMILES string of the molecule is CC(C)C(=O)N1CCO[C@H](c2cncc(-c3cccc(F)c3)n2)C1. The molecule has 1 amide bonds. The van der Waals surface area contributed by atoms with Crippen LogP contribution in [0.2, 0.25) is 0 Å². The Labute approximate surface area is 140 Å². The molecule has 6 heteroatoms. The van der Waals surface area contributed by atoms with Crippen molar-refractivity contribution in [2.24, 2.45) is 5.92 Å². The van der Waals surface area contributed by atoms with E-state index in [1.165, 1.54) is 12.1 Å². The standard InChI is InChI=1S/C18H20FN3O2/c1-12(2)18(23)22-6-7-24-17(11-22)16-10-20-9-15(21-16)13-4-3-5-14(19)8-13/h3-5,8-10,12,17H,6-7,11H2,1-2H3/t17-/m0/s1. The smallest absolute Gasteiger partial charge is 0.225 e. The maximum atomic E-state index is 13.4. The minimum Gasteiger partial charge on any atom is -0.368 e. The normalized spacial score (nSPS) is 18.0. The van der Waals surface area contributed by atoms with Gasteiger partial charge in [0.15, 0.2) is 0 Å². The molecule has 1 fully saturated rings. The Hall–Kier alpha value is -2.34. The van der Waals surface area contributed by atoms with Gasteiger partial charge in [0, 0.05) is 18.0 Å². The molecule has 0 aliphatic carbocycles. The van der Waals surface area contributed by atoms with Crippen molar-refractivity contribution in [3.05, 3.63) is 48.2 Å². The average molecular weight is 329 g/mol. The molecular weight excluding hydrogens is 309 g/mol. The lowest BCUT2D eigenvalue weighted by Crippen LogP contribution is -2.44. The van der Waals surface area contributed by atoms with Crippen molar-refractivity contribution in [1.29, 1.82) is 0 Å². The Morgan fingerprint density at radius 1 is 1.38 bits per heavy atom. The van der Waals surface area contributed by atoms with Gasteiger partial charge < -0.3 is 9.64 Å². The first-order valence-electron chi connectivity index (χ1n) is 8.03. The van der Waals surface area contributed by atoms with Crippen LogP contribution in [0.15, 0.2) is 36.7 Å². The maximum Gasteiger partial charge on any atom is 0.225 e. The molecule has 5 nitrogen and oxygen atoms in total. The second-order valence-corrected chi connectivity index (χ2v) is 6.14. The summed E-state index contributed by atoms with van der Waals surface area (Å²) in [5.74, 6) is -0.256. The molecule has 1 aromatic carbocycles. The Bertz CT molecular complexity index is 736. The van der Waals surface area contributed by atoms with Gasteiger partial charge in [0.25, 0.3) is 0 Å². The van der Waals surface area contributed by atoms with Crippen LogP contribution in [-0.2, 0) is 9.53 Å². The van der Waals surface area contributed by atoms with Crippen molar-refractivity contribution in [2.45, 2.75) is 20.0 Å². The largest absolute Gasteiger partial charge is 0.368 e. The van der Waals surface area contributed by atoms with Crippen LogP contribution in [-0.4, -0.2) is 40.5 Å². The summed E-state index contributed by atoms with van der Waals surface area (Å²) in [5, 5.41) is 0. The summed E-state index contributed by atoms with van der Waals surface area (Å²) in [6.07, 6.45) is 2.91. The molecule has 1 aromatic heterocycles. The first-order chi connectivity index (χ1) is 11.5. The van der Waals surface area contributed by atoms with Gasteiger partial charge in [0.05, 0.1) is 36.9 Å². The third-order valence-electron chi connectivity index (χ3n) is 3.98. The van der Waals surface area contributed by atoms with E-state index in [-0.39, 0.29) is 23.7 Å². The molecule has 1 aliphatic heterocycles. The number of morpholine rings is 1. The fourth-order valence-corrected chi connectivity index (χ4v) is 2.72. The first kappa shape index (κ1) is 16.5. The fourth-order valence-electron chi connectivity index (χ4n) is 2.72. The predicted molar refractivity (Wildman–Crippen MR) is 87.5 cm³/mol. The highest BCUT2D eigenvalue weighted by molar-refractivity contribution is 5.78. The molecule has 0 radical (unpaired) electrons. The maximum absolute atomic E-state index is 13.4. The summed E-state index contributed by atoms with van der Waals surface area (Å²) < 4.78 is 19.2. The van der Waals surface area contributed by atoms with E-state index in [1.807, 2.05) is 13.8 Å². The molecule has 2 heterocycles. The highest BCUT2D eigenvalue weighted by atomic mass is 19.1. The number of hydrogen-bond acceptors (Lipinski definition) is 4. The number of benzene rings is 1. The molecule has 0 N–H and O–H groups in total. The lowest BCUT2D eigenvalue weighted by molar-refractivity contribution is -0.142. The molecule has 1 atom stereocenters. The van der Waals surface area contributed by atoms with Crippen LogP contribution in [0.1, 0.15) is 25.6 Å². The molecule has 0 unspecified atom stereocenters. The Morgan fingerprint density at radius 2 is 2.21 bits per heavy atom. The van der Waals surface area contributed by atoms with E-state index in [0.29, 0.717) is 36.6 Å². The van der Waals surface area contributed by atoms with Crippen LogP contribution in [0.4, 0.5) is 4.39 Å². The molecule has 0 saturated carbocycles. The van der Waals surface area contributed by atoms with Crippen LogP contribution >= 0.6 is 0 Å². The molecular formula is C18H20FN3O2. The van der Waals surface area contributed by atoms with Crippen LogP contribution in [0.25, 0.3) is 11.3 Å². The Balaban J connectivity index is 1.82. The Morgan fingerprint density at radius 3 is 2.96 bits per heavy atom. The molecule has 1 aliphatic rings. The number of amides is 1. The van der Waals surface area contributed by atoms with Crippen LogP contribution in [0.5, 0.6) is 0 Å². The van der Waals surface area contributed by atoms with E-state index < -0.39 is 0 Å². The Kier molecular flexibility index (Phi) is 4.85. The van der Waals surface area contributed by atoms with Crippen molar-refractivity contribution in [1.82, 2.24) is 14.9 Å². The zero-order chi connectivity index (χ0) is 17.1. The van der Waals surface area contributed by atoms with E-state index in [4.69, 9.17) is 4.74 Å². The molecule has 24 heavy (non-hydrogen) atoms. The van der Waals surface area contributed by atoms with Gasteiger partial charge in [-0.1, -0.05) is 26.0 Å². The average Bonchev–Trinajstić information content (AvgIpc) is 2.61. The van der Waals surface area contributed by atoms with E-state index in [0.717, 1.165) is 0 Å². The van der Waals surface area contributed by atoms with Crippen LogP contribution in [0, 0.1) is 11.7 Å². The number of aromatic nitrogens is 2. The van der Waals surface area contributed by atoms with Crippen molar-refractivity contribution in [3.8, 4) is 11.3 Å². The molecule has 0 spiro atoms. The van der Waals surface area contributed by atoms with Gasteiger partial charge in [-0.05, 0) is 12.1 Å². The van der Waals surface area contributed by atoms with Crippen molar-refractivity contribution in [3.63, 3.8) is 0 Å². The third-order valence-corrected chi connectivity index (χ3v) is 3.98. The number of ether oxygens (including phenoxy) is 1. The number of halogens is 1. The fraction of sp³-hybridized carbons (Fsp3) is 0.389. The van der Waals surface area contributed by atoms with Gasteiger partial charge in [-0.3, -0.25) is 9.78 Å². The zero-order valence-electron chi connectivity index (χ0n) is 13.8. The van der Waals surface area contributed by atoms with Gasteiger partial charge in [-0.2, -0.15) is 0 Å². The van der Waals surface area contributed by atoms with Crippen LogP contribution < -0.4 is 0 Å². The van der Waals surface area contributed by atoms with Gasteiger partial charge >= 0.3 is 0 Å². The molecule has 2 aromatic rings. The number of nitrogens with zero attached hydrogens (tertiary/aromatic N) is 3. The van der Waals surface area contributed by atoms with Crippen molar-refractivity contribution < 1.29 is 13.9 Å². The summed E-state index contributed by atoms with van der Waals surface area (Å²) in [4.78, 5) is 22.8. The van der Waals surface area contributed by atoms with E-state index >= 15 is 0 Å². The molecule has 0 bridgehead atoms. The van der Waals surface area contributed by atoms with Crippen molar-refractivity contribution in [2.75, 3.05) is 19.7 Å². The topological polar surface area (TPSA) is 55.3 Å². The molecule has 3 rings (SSSR count). The first-order valence-corrected chi connectivity index (χ1v) is 8.03. The second-order valence-electron chi connectivity index (χ2n) is 6.14.